The predicted octanol–water partition coefficient (Wildman–Crippen LogP) is 7.08. The summed E-state index contributed by atoms with van der Waals surface area (Å²) in [5.41, 5.74) is 7.02. The molecule has 0 saturated heterocycles. The number of carbonyl (C=O) groups excluding carboxylic acids is 1. The van der Waals surface area contributed by atoms with Crippen molar-refractivity contribution in [2.24, 2.45) is 0 Å². The van der Waals surface area contributed by atoms with Crippen molar-refractivity contribution in [3.8, 4) is 5.69 Å². The molecular formula is C33H27N3O2. The Bertz CT molecular complexity index is 1960. The van der Waals surface area contributed by atoms with Crippen molar-refractivity contribution in [3.63, 3.8) is 0 Å². The second-order valence-electron chi connectivity index (χ2n) is 9.94. The van der Waals surface area contributed by atoms with Gasteiger partial charge in [-0.25, -0.2) is 0 Å². The average Bonchev–Trinajstić information content (AvgIpc) is 3.36. The molecule has 3 heterocycles. The van der Waals surface area contributed by atoms with Gasteiger partial charge in [0.2, 0.25) is 0 Å². The summed E-state index contributed by atoms with van der Waals surface area (Å²) >= 11 is 0. The van der Waals surface area contributed by atoms with Crippen LogP contribution in [-0.2, 0) is 6.42 Å². The summed E-state index contributed by atoms with van der Waals surface area (Å²) in [7, 11) is 0. The zero-order valence-electron chi connectivity index (χ0n) is 21.6. The molecule has 5 nitrogen and oxygen atoms in total. The zero-order chi connectivity index (χ0) is 26.4. The van der Waals surface area contributed by atoms with Crippen molar-refractivity contribution in [2.45, 2.75) is 27.2 Å². The van der Waals surface area contributed by atoms with Crippen LogP contribution in [0.15, 0.2) is 113 Å². The van der Waals surface area contributed by atoms with Crippen molar-refractivity contribution < 1.29 is 4.79 Å². The number of pyridine rings is 2. The molecule has 6 rings (SSSR count). The maximum atomic E-state index is 13.4. The molecule has 0 bridgehead atoms. The van der Waals surface area contributed by atoms with Crippen LogP contribution in [0.5, 0.6) is 0 Å². The highest BCUT2D eigenvalue weighted by Crippen LogP contribution is 2.28. The fourth-order valence-corrected chi connectivity index (χ4v) is 4.98. The molecule has 0 aliphatic carbocycles. The van der Waals surface area contributed by atoms with Crippen LogP contribution in [-0.4, -0.2) is 20.0 Å². The van der Waals surface area contributed by atoms with E-state index in [4.69, 9.17) is 0 Å². The number of benzene rings is 3. The quantitative estimate of drug-likeness (QED) is 0.193. The van der Waals surface area contributed by atoms with Gasteiger partial charge in [0.05, 0.1) is 22.2 Å². The molecule has 6 aromatic rings. The van der Waals surface area contributed by atoms with E-state index in [0.29, 0.717) is 11.3 Å². The van der Waals surface area contributed by atoms with Crippen LogP contribution in [0.3, 0.4) is 0 Å². The van der Waals surface area contributed by atoms with Crippen molar-refractivity contribution in [1.29, 1.82) is 0 Å². The standard InChI is InChI=1S/C33H27N3O2/c1-21(2)22(3)33(38)35-16-15-25-10-12-27(19-30(25)35)36-31(37)14-11-26-20-34-29-13-9-24(18-28(29)32(26)36)17-23-7-5-4-6-8-23/h4-16,18-20H,17H2,1-3H3. The number of carbonyl (C=O) groups is 1. The number of allylic oxidation sites excluding steroid dienone is 2. The molecule has 0 aliphatic rings. The lowest BCUT2D eigenvalue weighted by molar-refractivity contribution is 0.0959. The summed E-state index contributed by atoms with van der Waals surface area (Å²) < 4.78 is 3.40. The molecule has 0 radical (unpaired) electrons. The smallest absolute Gasteiger partial charge is 0.257 e. The highest BCUT2D eigenvalue weighted by molar-refractivity contribution is 6.05. The summed E-state index contributed by atoms with van der Waals surface area (Å²) in [5.74, 6) is -0.0670. The minimum absolute atomic E-state index is 0.0670. The minimum atomic E-state index is -0.136. The van der Waals surface area contributed by atoms with E-state index < -0.39 is 0 Å². The van der Waals surface area contributed by atoms with E-state index in [9.17, 15) is 9.59 Å². The van der Waals surface area contributed by atoms with Crippen LogP contribution in [0.4, 0.5) is 0 Å². The van der Waals surface area contributed by atoms with Crippen LogP contribution >= 0.6 is 0 Å². The topological polar surface area (TPSA) is 56.9 Å². The van der Waals surface area contributed by atoms with Gasteiger partial charge in [0.1, 0.15) is 0 Å². The van der Waals surface area contributed by atoms with Crippen LogP contribution in [0, 0.1) is 0 Å². The first-order chi connectivity index (χ1) is 18.4. The summed E-state index contributed by atoms with van der Waals surface area (Å²) in [5, 5.41) is 2.73. The largest absolute Gasteiger partial charge is 0.283 e. The number of nitrogens with zero attached hydrogens (tertiary/aromatic N) is 3. The van der Waals surface area contributed by atoms with Gasteiger partial charge in [-0.3, -0.25) is 23.7 Å². The molecule has 0 saturated carbocycles. The molecule has 0 aliphatic heterocycles. The van der Waals surface area contributed by atoms with Gasteiger partial charge in [-0.05, 0) is 74.7 Å². The normalized spacial score (nSPS) is 11.3. The summed E-state index contributed by atoms with van der Waals surface area (Å²) in [6, 6.07) is 27.7. The van der Waals surface area contributed by atoms with E-state index >= 15 is 0 Å². The molecule has 38 heavy (non-hydrogen) atoms. The highest BCUT2D eigenvalue weighted by atomic mass is 16.2. The van der Waals surface area contributed by atoms with E-state index in [-0.39, 0.29) is 11.5 Å². The Hall–Kier alpha value is -4.77. The summed E-state index contributed by atoms with van der Waals surface area (Å²) in [6.45, 7) is 5.71. The molecule has 0 atom stereocenters. The lowest BCUT2D eigenvalue weighted by Gasteiger charge is -2.14. The Morgan fingerprint density at radius 3 is 2.39 bits per heavy atom. The minimum Gasteiger partial charge on any atom is -0.283 e. The molecule has 0 N–H and O–H groups in total. The summed E-state index contributed by atoms with van der Waals surface area (Å²) in [4.78, 5) is 31.3. The Morgan fingerprint density at radius 2 is 1.61 bits per heavy atom. The summed E-state index contributed by atoms with van der Waals surface area (Å²) in [6.07, 6.45) is 4.40. The average molecular weight is 498 g/mol. The van der Waals surface area contributed by atoms with Crippen LogP contribution in [0.2, 0.25) is 0 Å². The van der Waals surface area contributed by atoms with Crippen LogP contribution in [0.1, 0.15) is 36.7 Å². The Balaban J connectivity index is 1.58. The van der Waals surface area contributed by atoms with Gasteiger partial charge in [-0.2, -0.15) is 0 Å². The number of aromatic nitrogens is 3. The molecular weight excluding hydrogens is 470 g/mol. The van der Waals surface area contributed by atoms with E-state index in [1.54, 1.807) is 21.4 Å². The third-order valence-corrected chi connectivity index (χ3v) is 7.26. The SMILES string of the molecule is CC(C)=C(C)C(=O)n1ccc2ccc(-n3c(=O)ccc4cnc5ccc(Cc6ccccc6)cc5c43)cc21. The molecule has 186 valence electrons. The number of hydrogen-bond acceptors (Lipinski definition) is 3. The van der Waals surface area contributed by atoms with Gasteiger partial charge in [-0.1, -0.05) is 48.0 Å². The Kier molecular flexibility index (Phi) is 5.76. The third kappa shape index (κ3) is 4.02. The number of hydrogen-bond donors (Lipinski definition) is 0. The van der Waals surface area contributed by atoms with E-state index in [1.165, 1.54) is 5.56 Å². The van der Waals surface area contributed by atoms with Gasteiger partial charge in [-0.15, -0.1) is 0 Å². The van der Waals surface area contributed by atoms with E-state index in [1.807, 2.05) is 81.6 Å². The second-order valence-corrected chi connectivity index (χ2v) is 9.94. The van der Waals surface area contributed by atoms with Gasteiger partial charge in [0, 0.05) is 40.2 Å². The van der Waals surface area contributed by atoms with Gasteiger partial charge < -0.3 is 0 Å². The molecule has 0 spiro atoms. The van der Waals surface area contributed by atoms with Crippen molar-refractivity contribution >= 4 is 38.6 Å². The third-order valence-electron chi connectivity index (χ3n) is 7.26. The lowest BCUT2D eigenvalue weighted by Crippen LogP contribution is -2.18. The van der Waals surface area contributed by atoms with Gasteiger partial charge in [0.15, 0.2) is 0 Å². The Labute approximate surface area is 220 Å². The van der Waals surface area contributed by atoms with Crippen LogP contribution in [0.25, 0.3) is 38.4 Å². The second kappa shape index (κ2) is 9.27. The Morgan fingerprint density at radius 1 is 0.816 bits per heavy atom. The van der Waals surface area contributed by atoms with Crippen molar-refractivity contribution in [3.05, 3.63) is 130 Å². The molecule has 0 fully saturated rings. The molecule has 0 unspecified atom stereocenters. The number of rotatable bonds is 4. The molecule has 3 aromatic heterocycles. The first-order valence-electron chi connectivity index (χ1n) is 12.7. The monoisotopic (exact) mass is 497 g/mol. The predicted molar refractivity (Wildman–Crippen MR) is 154 cm³/mol. The van der Waals surface area contributed by atoms with Crippen molar-refractivity contribution in [2.75, 3.05) is 0 Å². The fourth-order valence-electron chi connectivity index (χ4n) is 4.98. The zero-order valence-corrected chi connectivity index (χ0v) is 21.6. The van der Waals surface area contributed by atoms with E-state index in [0.717, 1.165) is 50.3 Å². The number of fused-ring (bicyclic) bond motifs is 4. The van der Waals surface area contributed by atoms with E-state index in [2.05, 4.69) is 29.2 Å². The van der Waals surface area contributed by atoms with Crippen molar-refractivity contribution in [1.82, 2.24) is 14.1 Å². The molecule has 0 amide bonds. The first-order valence-corrected chi connectivity index (χ1v) is 12.7. The lowest BCUT2D eigenvalue weighted by atomic mass is 10.0. The fraction of sp³-hybridized carbons (Fsp3) is 0.121. The van der Waals surface area contributed by atoms with Crippen LogP contribution < -0.4 is 5.56 Å². The first kappa shape index (κ1) is 23.6. The van der Waals surface area contributed by atoms with Gasteiger partial charge in [0.25, 0.3) is 11.5 Å². The van der Waals surface area contributed by atoms with Gasteiger partial charge >= 0.3 is 0 Å². The molecule has 3 aromatic carbocycles. The highest BCUT2D eigenvalue weighted by Gasteiger charge is 2.15. The maximum absolute atomic E-state index is 13.4. The molecule has 5 heteroatoms. The maximum Gasteiger partial charge on any atom is 0.257 e.